The molecule has 1 saturated carbocycles. The van der Waals surface area contributed by atoms with E-state index < -0.39 is 0 Å². The molecule has 3 atom stereocenters. The maximum Gasteiger partial charge on any atom is 0.157 e. The first-order valence-electron chi connectivity index (χ1n) is 6.44. The Morgan fingerprint density at radius 3 is 2.81 bits per heavy atom. The third-order valence-corrected chi connectivity index (χ3v) is 5.07. The molecule has 3 heteroatoms. The van der Waals surface area contributed by atoms with E-state index in [0.29, 0.717) is 17.5 Å². The van der Waals surface area contributed by atoms with Crippen molar-refractivity contribution in [2.45, 2.75) is 59.0 Å². The molecule has 1 N–H and O–H groups in total. The molecule has 2 nitrogen and oxygen atoms in total. The lowest BCUT2D eigenvalue weighted by molar-refractivity contribution is 0.316. The molecule has 0 spiro atoms. The van der Waals surface area contributed by atoms with Crippen molar-refractivity contribution in [2.75, 3.05) is 5.75 Å². The summed E-state index contributed by atoms with van der Waals surface area (Å²) in [7, 11) is 0. The van der Waals surface area contributed by atoms with Crippen LogP contribution in [0.2, 0.25) is 0 Å². The Hall–Kier alpha value is -0.180. The van der Waals surface area contributed by atoms with Crippen LogP contribution in [0.25, 0.3) is 0 Å². The zero-order chi connectivity index (χ0) is 11.8. The van der Waals surface area contributed by atoms with Gasteiger partial charge in [-0.15, -0.1) is 0 Å². The SMILES string of the molecule is CC(NC1=NC2CCCC2CS1)C(C)(C)C. The fraction of sp³-hybridized carbons (Fsp3) is 0.923. The summed E-state index contributed by atoms with van der Waals surface area (Å²) in [5.74, 6) is 2.13. The molecule has 0 aromatic heterocycles. The Morgan fingerprint density at radius 1 is 1.38 bits per heavy atom. The van der Waals surface area contributed by atoms with Gasteiger partial charge in [0.25, 0.3) is 0 Å². The van der Waals surface area contributed by atoms with Gasteiger partial charge in [-0.05, 0) is 31.1 Å². The summed E-state index contributed by atoms with van der Waals surface area (Å²) in [6.07, 6.45) is 4.07. The van der Waals surface area contributed by atoms with E-state index in [1.165, 1.54) is 30.2 Å². The lowest BCUT2D eigenvalue weighted by Crippen LogP contribution is -2.42. The van der Waals surface area contributed by atoms with Gasteiger partial charge in [0.15, 0.2) is 5.17 Å². The Morgan fingerprint density at radius 2 is 2.12 bits per heavy atom. The smallest absolute Gasteiger partial charge is 0.157 e. The molecule has 1 aliphatic heterocycles. The van der Waals surface area contributed by atoms with Crippen molar-refractivity contribution in [2.24, 2.45) is 16.3 Å². The van der Waals surface area contributed by atoms with Gasteiger partial charge in [-0.2, -0.15) is 0 Å². The molecule has 0 aromatic carbocycles. The Labute approximate surface area is 104 Å². The van der Waals surface area contributed by atoms with Gasteiger partial charge in [0.05, 0.1) is 6.04 Å². The number of fused-ring (bicyclic) bond motifs is 1. The van der Waals surface area contributed by atoms with Crippen molar-refractivity contribution >= 4 is 16.9 Å². The highest BCUT2D eigenvalue weighted by molar-refractivity contribution is 8.13. The van der Waals surface area contributed by atoms with E-state index in [4.69, 9.17) is 4.99 Å². The van der Waals surface area contributed by atoms with Gasteiger partial charge in [0, 0.05) is 11.8 Å². The average Bonchev–Trinajstić information content (AvgIpc) is 2.63. The predicted octanol–water partition coefficient (Wildman–Crippen LogP) is 3.28. The topological polar surface area (TPSA) is 24.4 Å². The molecule has 0 radical (unpaired) electrons. The van der Waals surface area contributed by atoms with Crippen LogP contribution in [0.3, 0.4) is 0 Å². The molecule has 0 aromatic rings. The van der Waals surface area contributed by atoms with Gasteiger partial charge in [0.2, 0.25) is 0 Å². The highest BCUT2D eigenvalue weighted by Crippen LogP contribution is 2.35. The summed E-state index contributed by atoms with van der Waals surface area (Å²) in [5, 5.41) is 4.77. The van der Waals surface area contributed by atoms with Crippen LogP contribution < -0.4 is 5.32 Å². The van der Waals surface area contributed by atoms with E-state index in [1.54, 1.807) is 0 Å². The Balaban J connectivity index is 1.95. The number of amidine groups is 1. The molecule has 0 bridgehead atoms. The van der Waals surface area contributed by atoms with Gasteiger partial charge in [-0.1, -0.05) is 39.0 Å². The second-order valence-corrected chi connectivity index (χ2v) is 7.24. The molecule has 3 unspecified atom stereocenters. The van der Waals surface area contributed by atoms with Crippen LogP contribution in [0.4, 0.5) is 0 Å². The quantitative estimate of drug-likeness (QED) is 0.760. The fourth-order valence-corrected chi connectivity index (χ4v) is 3.47. The maximum atomic E-state index is 4.87. The number of nitrogens with one attached hydrogen (secondary N) is 1. The number of aliphatic imine (C=N–C) groups is 1. The maximum absolute atomic E-state index is 4.87. The molecule has 0 saturated heterocycles. The third kappa shape index (κ3) is 2.73. The molecular formula is C13H24N2S. The van der Waals surface area contributed by atoms with Gasteiger partial charge >= 0.3 is 0 Å². The largest absolute Gasteiger partial charge is 0.362 e. The second-order valence-electron chi connectivity index (χ2n) is 6.24. The number of rotatable bonds is 1. The Bertz CT molecular complexity index is 280. The van der Waals surface area contributed by atoms with Gasteiger partial charge < -0.3 is 5.32 Å². The lowest BCUT2D eigenvalue weighted by Gasteiger charge is -2.31. The monoisotopic (exact) mass is 240 g/mol. The Kier molecular flexibility index (Phi) is 3.53. The van der Waals surface area contributed by atoms with Crippen molar-refractivity contribution < 1.29 is 0 Å². The minimum absolute atomic E-state index is 0.301. The first-order chi connectivity index (χ1) is 7.47. The zero-order valence-corrected chi connectivity index (χ0v) is 11.7. The van der Waals surface area contributed by atoms with Crippen LogP contribution in [-0.4, -0.2) is 23.0 Å². The van der Waals surface area contributed by atoms with Crippen LogP contribution in [0, 0.1) is 11.3 Å². The number of thioether (sulfide) groups is 1. The summed E-state index contributed by atoms with van der Waals surface area (Å²) in [4.78, 5) is 4.87. The van der Waals surface area contributed by atoms with Crippen LogP contribution in [0.1, 0.15) is 47.0 Å². The van der Waals surface area contributed by atoms with Crippen LogP contribution in [-0.2, 0) is 0 Å². The summed E-state index contributed by atoms with van der Waals surface area (Å²) >= 11 is 1.92. The highest BCUT2D eigenvalue weighted by Gasteiger charge is 2.32. The van der Waals surface area contributed by atoms with E-state index in [-0.39, 0.29) is 0 Å². The van der Waals surface area contributed by atoms with E-state index >= 15 is 0 Å². The van der Waals surface area contributed by atoms with E-state index in [9.17, 15) is 0 Å². The van der Waals surface area contributed by atoms with Gasteiger partial charge in [-0.3, -0.25) is 4.99 Å². The molecule has 0 amide bonds. The zero-order valence-electron chi connectivity index (χ0n) is 10.9. The van der Waals surface area contributed by atoms with Crippen LogP contribution in [0.5, 0.6) is 0 Å². The molecule has 16 heavy (non-hydrogen) atoms. The number of hydrogen-bond acceptors (Lipinski definition) is 3. The van der Waals surface area contributed by atoms with Crippen molar-refractivity contribution in [3.63, 3.8) is 0 Å². The molecule has 1 fully saturated rings. The summed E-state index contributed by atoms with van der Waals surface area (Å²) in [6.45, 7) is 9.08. The lowest BCUT2D eigenvalue weighted by atomic mass is 9.88. The third-order valence-electron chi connectivity index (χ3n) is 3.98. The summed E-state index contributed by atoms with van der Waals surface area (Å²) in [5.41, 5.74) is 0.301. The van der Waals surface area contributed by atoms with E-state index in [2.05, 4.69) is 33.0 Å². The highest BCUT2D eigenvalue weighted by atomic mass is 32.2. The fourth-order valence-electron chi connectivity index (χ4n) is 2.24. The number of nitrogens with zero attached hydrogens (tertiary/aromatic N) is 1. The number of hydrogen-bond donors (Lipinski definition) is 1. The van der Waals surface area contributed by atoms with Crippen molar-refractivity contribution in [3.05, 3.63) is 0 Å². The molecule has 92 valence electrons. The van der Waals surface area contributed by atoms with Crippen molar-refractivity contribution in [1.82, 2.24) is 5.32 Å². The van der Waals surface area contributed by atoms with Crippen molar-refractivity contribution in [1.29, 1.82) is 0 Å². The molecular weight excluding hydrogens is 216 g/mol. The molecule has 1 heterocycles. The van der Waals surface area contributed by atoms with Gasteiger partial charge in [-0.25, -0.2) is 0 Å². The molecule has 2 rings (SSSR count). The summed E-state index contributed by atoms with van der Waals surface area (Å²) in [6, 6.07) is 1.10. The molecule has 2 aliphatic rings. The van der Waals surface area contributed by atoms with E-state index in [0.717, 1.165) is 5.92 Å². The summed E-state index contributed by atoms with van der Waals surface area (Å²) < 4.78 is 0. The second kappa shape index (κ2) is 4.59. The first kappa shape index (κ1) is 12.3. The van der Waals surface area contributed by atoms with E-state index in [1.807, 2.05) is 11.8 Å². The minimum Gasteiger partial charge on any atom is -0.362 e. The molecule has 1 aliphatic carbocycles. The standard InChI is InChI=1S/C13H24N2S/c1-9(13(2,3)4)14-12-15-11-7-5-6-10(11)8-16-12/h9-11H,5-8H2,1-4H3,(H,14,15). The van der Waals surface area contributed by atoms with Crippen LogP contribution in [0.15, 0.2) is 4.99 Å². The van der Waals surface area contributed by atoms with Gasteiger partial charge in [0.1, 0.15) is 0 Å². The minimum atomic E-state index is 0.301. The van der Waals surface area contributed by atoms with Crippen molar-refractivity contribution in [3.8, 4) is 0 Å². The first-order valence-corrected chi connectivity index (χ1v) is 7.42. The predicted molar refractivity (Wildman–Crippen MR) is 73.1 cm³/mol. The normalized spacial score (nSPS) is 31.9. The van der Waals surface area contributed by atoms with Crippen LogP contribution >= 0.6 is 11.8 Å². The average molecular weight is 240 g/mol.